The van der Waals surface area contributed by atoms with Gasteiger partial charge in [0.2, 0.25) is 0 Å². The van der Waals surface area contributed by atoms with Crippen LogP contribution in [0.4, 0.5) is 0 Å². The maximum atomic E-state index is 5.43. The van der Waals surface area contributed by atoms with E-state index in [0.717, 1.165) is 18.0 Å². The third-order valence-electron chi connectivity index (χ3n) is 3.49. The summed E-state index contributed by atoms with van der Waals surface area (Å²) in [6.45, 7) is 5.29. The minimum Gasteiger partial charge on any atom is -0.496 e. The summed E-state index contributed by atoms with van der Waals surface area (Å²) >= 11 is 1.84. The first-order chi connectivity index (χ1) is 10.3. The molecule has 0 aromatic heterocycles. The molecule has 2 aromatic rings. The lowest BCUT2D eigenvalue weighted by Crippen LogP contribution is -2.23. The molecular formula is C18H23NOS. The third-order valence-corrected chi connectivity index (χ3v) is 4.64. The largest absolute Gasteiger partial charge is 0.496 e. The Hall–Kier alpha value is -1.45. The molecule has 0 heterocycles. The van der Waals surface area contributed by atoms with E-state index in [-0.39, 0.29) is 0 Å². The van der Waals surface area contributed by atoms with Crippen LogP contribution in [0.1, 0.15) is 24.1 Å². The van der Waals surface area contributed by atoms with Crippen LogP contribution < -0.4 is 10.1 Å². The fourth-order valence-corrected chi connectivity index (χ4v) is 3.51. The average Bonchev–Trinajstić information content (AvgIpc) is 2.52. The lowest BCUT2D eigenvalue weighted by atomic mass is 10.0. The van der Waals surface area contributed by atoms with E-state index in [1.807, 2.05) is 23.9 Å². The van der Waals surface area contributed by atoms with Crippen LogP contribution >= 0.6 is 11.8 Å². The third kappa shape index (κ3) is 4.26. The number of hydrogen-bond donors (Lipinski definition) is 1. The topological polar surface area (TPSA) is 21.3 Å². The van der Waals surface area contributed by atoms with Gasteiger partial charge in [-0.1, -0.05) is 43.3 Å². The van der Waals surface area contributed by atoms with Crippen molar-refractivity contribution in [3.05, 3.63) is 59.7 Å². The second-order valence-corrected chi connectivity index (χ2v) is 5.99. The molecule has 0 bridgehead atoms. The van der Waals surface area contributed by atoms with Crippen molar-refractivity contribution in [2.75, 3.05) is 19.4 Å². The van der Waals surface area contributed by atoms with E-state index in [1.54, 1.807) is 7.11 Å². The fraction of sp³-hybridized carbons (Fsp3) is 0.333. The number of benzene rings is 2. The second-order valence-electron chi connectivity index (χ2n) is 4.93. The monoisotopic (exact) mass is 301 g/mol. The van der Waals surface area contributed by atoms with Crippen molar-refractivity contribution < 1.29 is 4.74 Å². The summed E-state index contributed by atoms with van der Waals surface area (Å²) < 4.78 is 5.43. The molecule has 21 heavy (non-hydrogen) atoms. The van der Waals surface area contributed by atoms with Gasteiger partial charge in [0.25, 0.3) is 0 Å². The molecule has 1 atom stereocenters. The molecule has 0 amide bonds. The van der Waals surface area contributed by atoms with Crippen molar-refractivity contribution in [3.63, 3.8) is 0 Å². The highest BCUT2D eigenvalue weighted by Crippen LogP contribution is 2.32. The van der Waals surface area contributed by atoms with E-state index >= 15 is 0 Å². The smallest absolute Gasteiger partial charge is 0.132 e. The normalized spacial score (nSPS) is 12.1. The Labute approximate surface area is 131 Å². The first kappa shape index (κ1) is 15.9. The summed E-state index contributed by atoms with van der Waals surface area (Å²) in [7, 11) is 1.72. The highest BCUT2D eigenvalue weighted by atomic mass is 32.2. The number of para-hydroxylation sites is 1. The molecule has 2 aromatic carbocycles. The van der Waals surface area contributed by atoms with Crippen LogP contribution in [-0.2, 0) is 0 Å². The second kappa shape index (κ2) is 8.11. The molecule has 0 aliphatic carbocycles. The quantitative estimate of drug-likeness (QED) is 0.764. The molecule has 112 valence electrons. The fourth-order valence-electron chi connectivity index (χ4n) is 2.39. The van der Waals surface area contributed by atoms with Crippen LogP contribution in [-0.4, -0.2) is 19.4 Å². The first-order valence-electron chi connectivity index (χ1n) is 7.31. The van der Waals surface area contributed by atoms with Gasteiger partial charge < -0.3 is 10.1 Å². The highest BCUT2D eigenvalue weighted by Gasteiger charge is 2.14. The molecule has 0 saturated heterocycles. The van der Waals surface area contributed by atoms with Crippen molar-refractivity contribution in [1.29, 1.82) is 0 Å². The van der Waals surface area contributed by atoms with E-state index in [1.165, 1.54) is 16.0 Å². The van der Waals surface area contributed by atoms with Crippen LogP contribution in [0.15, 0.2) is 53.4 Å². The number of hydrogen-bond acceptors (Lipinski definition) is 3. The van der Waals surface area contributed by atoms with Gasteiger partial charge in [0.05, 0.1) is 7.11 Å². The molecule has 0 fully saturated rings. The Bertz CT molecular complexity index is 571. The molecule has 0 spiro atoms. The van der Waals surface area contributed by atoms with Gasteiger partial charge in [0.15, 0.2) is 0 Å². The van der Waals surface area contributed by atoms with Gasteiger partial charge in [-0.2, -0.15) is 0 Å². The summed E-state index contributed by atoms with van der Waals surface area (Å²) in [4.78, 5) is 1.19. The summed E-state index contributed by atoms with van der Waals surface area (Å²) in [5.74, 6) is 1.93. The van der Waals surface area contributed by atoms with Crippen molar-refractivity contribution in [1.82, 2.24) is 5.32 Å². The van der Waals surface area contributed by atoms with Crippen LogP contribution in [0.3, 0.4) is 0 Å². The van der Waals surface area contributed by atoms with Crippen LogP contribution in [0.25, 0.3) is 0 Å². The molecule has 0 aliphatic heterocycles. The molecular weight excluding hydrogens is 278 g/mol. The van der Waals surface area contributed by atoms with E-state index in [9.17, 15) is 0 Å². The van der Waals surface area contributed by atoms with Gasteiger partial charge in [-0.15, -0.1) is 11.8 Å². The summed E-state index contributed by atoms with van der Waals surface area (Å²) in [5, 5.41) is 3.59. The number of nitrogens with one attached hydrogen (secondary N) is 1. The predicted octanol–water partition coefficient (Wildman–Crippen LogP) is 4.45. The average molecular weight is 301 g/mol. The minimum absolute atomic E-state index is 0.353. The number of rotatable bonds is 7. The van der Waals surface area contributed by atoms with Gasteiger partial charge in [-0.3, -0.25) is 0 Å². The van der Waals surface area contributed by atoms with E-state index < -0.39 is 0 Å². The Morgan fingerprint density at radius 2 is 1.81 bits per heavy atom. The lowest BCUT2D eigenvalue weighted by molar-refractivity contribution is 0.405. The summed E-state index contributed by atoms with van der Waals surface area (Å²) in [5.41, 5.74) is 2.71. The van der Waals surface area contributed by atoms with Crippen molar-refractivity contribution in [2.24, 2.45) is 0 Å². The van der Waals surface area contributed by atoms with Crippen LogP contribution in [0.5, 0.6) is 5.75 Å². The zero-order chi connectivity index (χ0) is 15.1. The Morgan fingerprint density at radius 3 is 2.52 bits per heavy atom. The maximum Gasteiger partial charge on any atom is 0.132 e. The van der Waals surface area contributed by atoms with Gasteiger partial charge in [-0.05, 0) is 36.7 Å². The number of ether oxygens (including phenoxy) is 1. The molecule has 3 heteroatoms. The lowest BCUT2D eigenvalue weighted by Gasteiger charge is -2.20. The van der Waals surface area contributed by atoms with Crippen molar-refractivity contribution in [3.8, 4) is 5.75 Å². The number of methoxy groups -OCH3 is 1. The molecule has 0 saturated carbocycles. The Kier molecular flexibility index (Phi) is 6.15. The van der Waals surface area contributed by atoms with Crippen molar-refractivity contribution >= 4 is 11.8 Å². The standard InChI is InChI=1S/C18H23NOS/c1-4-19-16(15-10-6-5-9-14(15)2)13-21-18-12-8-7-11-17(18)20-3/h5-12,16,19H,4,13H2,1-3H3. The zero-order valence-electron chi connectivity index (χ0n) is 12.9. The molecule has 2 rings (SSSR count). The van der Waals surface area contributed by atoms with Gasteiger partial charge in [-0.25, -0.2) is 0 Å². The number of aryl methyl sites for hydroxylation is 1. The Balaban J connectivity index is 2.12. The van der Waals surface area contributed by atoms with Crippen LogP contribution in [0, 0.1) is 6.92 Å². The number of thioether (sulfide) groups is 1. The molecule has 0 radical (unpaired) electrons. The molecule has 2 nitrogen and oxygen atoms in total. The summed E-state index contributed by atoms with van der Waals surface area (Å²) in [6.07, 6.45) is 0. The zero-order valence-corrected chi connectivity index (χ0v) is 13.7. The first-order valence-corrected chi connectivity index (χ1v) is 8.29. The minimum atomic E-state index is 0.353. The van der Waals surface area contributed by atoms with E-state index in [0.29, 0.717) is 6.04 Å². The van der Waals surface area contributed by atoms with Crippen LogP contribution in [0.2, 0.25) is 0 Å². The SMILES string of the molecule is CCNC(CSc1ccccc1OC)c1ccccc1C. The van der Waals surface area contributed by atoms with E-state index in [4.69, 9.17) is 4.74 Å². The van der Waals surface area contributed by atoms with Crippen molar-refractivity contribution in [2.45, 2.75) is 24.8 Å². The van der Waals surface area contributed by atoms with E-state index in [2.05, 4.69) is 55.6 Å². The van der Waals surface area contributed by atoms with Gasteiger partial charge in [0.1, 0.15) is 5.75 Å². The predicted molar refractivity (Wildman–Crippen MR) is 91.3 cm³/mol. The molecule has 1 unspecified atom stereocenters. The maximum absolute atomic E-state index is 5.43. The van der Waals surface area contributed by atoms with Gasteiger partial charge >= 0.3 is 0 Å². The van der Waals surface area contributed by atoms with Gasteiger partial charge in [0, 0.05) is 16.7 Å². The highest BCUT2D eigenvalue weighted by molar-refractivity contribution is 7.99. The molecule has 0 aliphatic rings. The Morgan fingerprint density at radius 1 is 1.10 bits per heavy atom. The summed E-state index contributed by atoms with van der Waals surface area (Å²) in [6, 6.07) is 17.1. The molecule has 1 N–H and O–H groups in total.